The second-order valence-corrected chi connectivity index (χ2v) is 7.14. The summed E-state index contributed by atoms with van der Waals surface area (Å²) in [5, 5.41) is 6.10. The average Bonchev–Trinajstić information content (AvgIpc) is 3.11. The summed E-state index contributed by atoms with van der Waals surface area (Å²) in [4.78, 5) is 22.7. The first-order valence-corrected chi connectivity index (χ1v) is 9.66. The van der Waals surface area contributed by atoms with Gasteiger partial charge in [-0.25, -0.2) is 9.37 Å². The molecule has 1 saturated heterocycles. The highest BCUT2D eigenvalue weighted by molar-refractivity contribution is 5.73. The Hall–Kier alpha value is -2.90. The predicted octanol–water partition coefficient (Wildman–Crippen LogP) is 3.00. The molecule has 150 valence electrons. The SMILES string of the molecule is CCCCc1cc(N2CCC(NC(C)=O)C2)nc(Nc2ccc(F)c(N)c2)n1. The summed E-state index contributed by atoms with van der Waals surface area (Å²) in [7, 11) is 0. The standard InChI is InChI=1S/C20H27FN6O/c1-3-4-5-14-11-19(27-9-8-16(12-27)23-13(2)28)26-20(24-14)25-15-6-7-17(21)18(22)10-15/h6-7,10-11,16H,3-5,8-9,12,22H2,1-2H3,(H,23,28)(H,24,25,26). The van der Waals surface area contributed by atoms with E-state index < -0.39 is 5.82 Å². The molecule has 1 atom stereocenters. The van der Waals surface area contributed by atoms with Crippen LogP contribution in [0, 0.1) is 5.82 Å². The molecule has 1 aromatic heterocycles. The van der Waals surface area contributed by atoms with E-state index in [1.165, 1.54) is 19.1 Å². The third-order valence-corrected chi connectivity index (χ3v) is 4.72. The number of unbranched alkanes of at least 4 members (excludes halogenated alkanes) is 1. The maximum Gasteiger partial charge on any atom is 0.229 e. The number of amides is 1. The molecule has 3 rings (SSSR count). The Balaban J connectivity index is 1.82. The van der Waals surface area contributed by atoms with Gasteiger partial charge in [-0.15, -0.1) is 0 Å². The fraction of sp³-hybridized carbons (Fsp3) is 0.450. The molecule has 0 aliphatic carbocycles. The van der Waals surface area contributed by atoms with Crippen LogP contribution >= 0.6 is 0 Å². The number of nitrogens with zero attached hydrogens (tertiary/aromatic N) is 3. The summed E-state index contributed by atoms with van der Waals surface area (Å²) >= 11 is 0. The Bertz CT molecular complexity index is 843. The lowest BCUT2D eigenvalue weighted by molar-refractivity contribution is -0.119. The van der Waals surface area contributed by atoms with Crippen molar-refractivity contribution in [3.63, 3.8) is 0 Å². The van der Waals surface area contributed by atoms with Crippen LogP contribution in [0.5, 0.6) is 0 Å². The third kappa shape index (κ3) is 5.09. The molecule has 0 radical (unpaired) electrons. The summed E-state index contributed by atoms with van der Waals surface area (Å²) < 4.78 is 13.4. The van der Waals surface area contributed by atoms with Gasteiger partial charge < -0.3 is 21.3 Å². The van der Waals surface area contributed by atoms with Gasteiger partial charge in [-0.3, -0.25) is 4.79 Å². The first-order valence-electron chi connectivity index (χ1n) is 9.66. The van der Waals surface area contributed by atoms with Gasteiger partial charge in [0.05, 0.1) is 5.69 Å². The highest BCUT2D eigenvalue weighted by Crippen LogP contribution is 2.24. The molecular weight excluding hydrogens is 359 g/mol. The van der Waals surface area contributed by atoms with E-state index in [4.69, 9.17) is 5.73 Å². The van der Waals surface area contributed by atoms with E-state index in [0.717, 1.165) is 43.7 Å². The third-order valence-electron chi connectivity index (χ3n) is 4.72. The lowest BCUT2D eigenvalue weighted by Gasteiger charge is -2.19. The van der Waals surface area contributed by atoms with Crippen molar-refractivity contribution in [2.24, 2.45) is 0 Å². The van der Waals surface area contributed by atoms with Crippen molar-refractivity contribution in [3.8, 4) is 0 Å². The second kappa shape index (κ2) is 8.86. The van der Waals surface area contributed by atoms with Crippen LogP contribution in [0.15, 0.2) is 24.3 Å². The zero-order chi connectivity index (χ0) is 20.1. The first-order chi connectivity index (χ1) is 13.4. The molecule has 1 aromatic carbocycles. The summed E-state index contributed by atoms with van der Waals surface area (Å²) in [6.07, 6.45) is 3.85. The Morgan fingerprint density at radius 1 is 1.36 bits per heavy atom. The van der Waals surface area contributed by atoms with Crippen molar-refractivity contribution in [1.29, 1.82) is 0 Å². The number of nitrogens with one attached hydrogen (secondary N) is 2. The number of hydrogen-bond acceptors (Lipinski definition) is 6. The highest BCUT2D eigenvalue weighted by Gasteiger charge is 2.24. The van der Waals surface area contributed by atoms with Crippen LogP contribution in [0.4, 0.5) is 27.5 Å². The monoisotopic (exact) mass is 386 g/mol. The van der Waals surface area contributed by atoms with Crippen molar-refractivity contribution in [2.45, 2.75) is 45.6 Å². The second-order valence-electron chi connectivity index (χ2n) is 7.14. The van der Waals surface area contributed by atoms with Gasteiger partial charge in [0.2, 0.25) is 11.9 Å². The van der Waals surface area contributed by atoms with Crippen molar-refractivity contribution in [3.05, 3.63) is 35.8 Å². The number of anilines is 4. The smallest absolute Gasteiger partial charge is 0.229 e. The van der Waals surface area contributed by atoms with Crippen LogP contribution in [0.1, 0.15) is 38.8 Å². The molecule has 7 nitrogen and oxygen atoms in total. The first kappa shape index (κ1) is 19.9. The average molecular weight is 386 g/mol. The molecule has 1 amide bonds. The summed E-state index contributed by atoms with van der Waals surface area (Å²) in [6, 6.07) is 6.59. The number of benzene rings is 1. The Labute approximate surface area is 164 Å². The normalized spacial score (nSPS) is 16.2. The van der Waals surface area contributed by atoms with Gasteiger partial charge in [-0.1, -0.05) is 13.3 Å². The summed E-state index contributed by atoms with van der Waals surface area (Å²) in [6.45, 7) is 5.21. The van der Waals surface area contributed by atoms with Crippen LogP contribution in [0.2, 0.25) is 0 Å². The van der Waals surface area contributed by atoms with E-state index >= 15 is 0 Å². The maximum atomic E-state index is 13.4. The summed E-state index contributed by atoms with van der Waals surface area (Å²) in [5.74, 6) is 0.809. The molecule has 1 aliphatic rings. The minimum atomic E-state index is -0.454. The van der Waals surface area contributed by atoms with Crippen LogP contribution < -0.4 is 21.3 Å². The van der Waals surface area contributed by atoms with E-state index in [1.54, 1.807) is 6.07 Å². The number of aromatic nitrogens is 2. The minimum absolute atomic E-state index is 0.0190. The Morgan fingerprint density at radius 3 is 2.89 bits per heavy atom. The van der Waals surface area contributed by atoms with Crippen molar-refractivity contribution >= 4 is 29.0 Å². The quantitative estimate of drug-likeness (QED) is 0.633. The number of nitrogens with two attached hydrogens (primary N) is 1. The van der Waals surface area contributed by atoms with Crippen molar-refractivity contribution in [2.75, 3.05) is 29.0 Å². The maximum absolute atomic E-state index is 13.4. The molecule has 0 saturated carbocycles. The highest BCUT2D eigenvalue weighted by atomic mass is 19.1. The molecular formula is C20H27FN6O. The molecule has 2 heterocycles. The van der Waals surface area contributed by atoms with Gasteiger partial charge in [0.1, 0.15) is 11.6 Å². The number of halogens is 1. The largest absolute Gasteiger partial charge is 0.396 e. The molecule has 0 bridgehead atoms. The Kier molecular flexibility index (Phi) is 6.28. The topological polar surface area (TPSA) is 96.2 Å². The van der Waals surface area contributed by atoms with Gasteiger partial charge in [0.15, 0.2) is 0 Å². The number of hydrogen-bond donors (Lipinski definition) is 3. The van der Waals surface area contributed by atoms with Crippen LogP contribution in [-0.2, 0) is 11.2 Å². The molecule has 1 aliphatic heterocycles. The van der Waals surface area contributed by atoms with Crippen LogP contribution in [-0.4, -0.2) is 35.0 Å². The Morgan fingerprint density at radius 2 is 2.18 bits per heavy atom. The van der Waals surface area contributed by atoms with E-state index in [0.29, 0.717) is 18.2 Å². The molecule has 1 unspecified atom stereocenters. The molecule has 4 N–H and O–H groups in total. The molecule has 1 fully saturated rings. The van der Waals surface area contributed by atoms with Crippen LogP contribution in [0.3, 0.4) is 0 Å². The molecule has 2 aromatic rings. The fourth-order valence-electron chi connectivity index (χ4n) is 3.31. The number of rotatable bonds is 7. The number of nitrogen functional groups attached to an aromatic ring is 1. The van der Waals surface area contributed by atoms with E-state index in [2.05, 4.69) is 32.4 Å². The lowest BCUT2D eigenvalue weighted by Crippen LogP contribution is -2.35. The van der Waals surface area contributed by atoms with Crippen molar-refractivity contribution in [1.82, 2.24) is 15.3 Å². The van der Waals surface area contributed by atoms with Gasteiger partial charge in [-0.2, -0.15) is 4.98 Å². The zero-order valence-corrected chi connectivity index (χ0v) is 16.3. The number of carbonyl (C=O) groups excluding carboxylic acids is 1. The van der Waals surface area contributed by atoms with Gasteiger partial charge in [0.25, 0.3) is 0 Å². The fourth-order valence-corrected chi connectivity index (χ4v) is 3.31. The van der Waals surface area contributed by atoms with Crippen LogP contribution in [0.25, 0.3) is 0 Å². The molecule has 28 heavy (non-hydrogen) atoms. The summed E-state index contributed by atoms with van der Waals surface area (Å²) in [5.41, 5.74) is 7.32. The van der Waals surface area contributed by atoms with Gasteiger partial charge >= 0.3 is 0 Å². The van der Waals surface area contributed by atoms with E-state index in [9.17, 15) is 9.18 Å². The van der Waals surface area contributed by atoms with E-state index in [1.807, 2.05) is 6.07 Å². The molecule has 0 spiro atoms. The zero-order valence-electron chi connectivity index (χ0n) is 16.3. The van der Waals surface area contributed by atoms with Gasteiger partial charge in [0, 0.05) is 43.5 Å². The molecule has 8 heteroatoms. The predicted molar refractivity (Wildman–Crippen MR) is 109 cm³/mol. The van der Waals surface area contributed by atoms with Crippen molar-refractivity contribution < 1.29 is 9.18 Å². The van der Waals surface area contributed by atoms with Gasteiger partial charge in [-0.05, 0) is 37.5 Å². The number of aryl methyl sites for hydroxylation is 1. The lowest BCUT2D eigenvalue weighted by atomic mass is 10.2. The van der Waals surface area contributed by atoms with E-state index in [-0.39, 0.29) is 17.6 Å². The minimum Gasteiger partial charge on any atom is -0.396 e. The number of carbonyl (C=O) groups is 1.